The number of hydrogen-bond donors (Lipinski definition) is 2. The Morgan fingerprint density at radius 1 is 1.06 bits per heavy atom. The van der Waals surface area contributed by atoms with Gasteiger partial charge < -0.3 is 15.1 Å². The number of hydrogen-bond acceptors (Lipinski definition) is 6. The summed E-state index contributed by atoms with van der Waals surface area (Å²) < 4.78 is 34.0. The van der Waals surface area contributed by atoms with Crippen LogP contribution in [-0.4, -0.2) is 60.7 Å². The molecule has 0 radical (unpaired) electrons. The summed E-state index contributed by atoms with van der Waals surface area (Å²) in [6.45, 7) is 9.93. The van der Waals surface area contributed by atoms with Gasteiger partial charge in [-0.3, -0.25) is 14.5 Å². The number of anilines is 1. The first-order chi connectivity index (χ1) is 17.2. The van der Waals surface area contributed by atoms with Gasteiger partial charge in [-0.2, -0.15) is 4.31 Å². The third kappa shape index (κ3) is 5.88. The van der Waals surface area contributed by atoms with Crippen LogP contribution in [0.1, 0.15) is 55.8 Å². The van der Waals surface area contributed by atoms with Gasteiger partial charge in [0, 0.05) is 23.8 Å². The molecule has 3 heterocycles. The number of furan rings is 1. The van der Waals surface area contributed by atoms with E-state index in [0.717, 1.165) is 18.8 Å². The Morgan fingerprint density at radius 2 is 1.69 bits per heavy atom. The summed E-state index contributed by atoms with van der Waals surface area (Å²) in [4.78, 5) is 26.7. The van der Waals surface area contributed by atoms with Crippen LogP contribution in [0.15, 0.2) is 58.4 Å². The lowest BCUT2D eigenvalue weighted by atomic mass is 9.95. The monoisotopic (exact) mass is 514 g/mol. The van der Waals surface area contributed by atoms with Crippen molar-refractivity contribution in [3.05, 3.63) is 60.6 Å². The maximum Gasteiger partial charge on any atom is 0.291 e. The zero-order valence-corrected chi connectivity index (χ0v) is 21.6. The van der Waals surface area contributed by atoms with Gasteiger partial charge in [-0.1, -0.05) is 6.58 Å². The molecule has 9 nitrogen and oxygen atoms in total. The van der Waals surface area contributed by atoms with E-state index in [1.54, 1.807) is 18.2 Å². The molecule has 2 aliphatic heterocycles. The first-order valence-electron chi connectivity index (χ1n) is 12.4. The molecule has 36 heavy (non-hydrogen) atoms. The van der Waals surface area contributed by atoms with Gasteiger partial charge in [0.2, 0.25) is 15.9 Å². The van der Waals surface area contributed by atoms with Crippen LogP contribution in [0, 0.1) is 0 Å². The molecule has 0 bridgehead atoms. The molecular weight excluding hydrogens is 480 g/mol. The summed E-state index contributed by atoms with van der Waals surface area (Å²) in [5.41, 5.74) is 0.475. The minimum absolute atomic E-state index is 0.109. The highest BCUT2D eigenvalue weighted by Gasteiger charge is 2.39. The van der Waals surface area contributed by atoms with Crippen molar-refractivity contribution in [1.82, 2.24) is 14.5 Å². The molecule has 0 spiro atoms. The molecule has 4 rings (SSSR count). The van der Waals surface area contributed by atoms with Gasteiger partial charge in [-0.05, 0) is 95.1 Å². The van der Waals surface area contributed by atoms with E-state index in [2.05, 4.69) is 22.1 Å². The highest BCUT2D eigenvalue weighted by Crippen LogP contribution is 2.30. The molecule has 1 aromatic carbocycles. The van der Waals surface area contributed by atoms with Crippen molar-refractivity contribution in [2.24, 2.45) is 0 Å². The van der Waals surface area contributed by atoms with Crippen molar-refractivity contribution in [3.63, 3.8) is 0 Å². The van der Waals surface area contributed by atoms with Gasteiger partial charge in [0.1, 0.15) is 5.76 Å². The van der Waals surface area contributed by atoms with Crippen LogP contribution < -0.4 is 10.6 Å². The minimum Gasteiger partial charge on any atom is -0.455 e. The average Bonchev–Trinajstić information content (AvgIpc) is 3.51. The summed E-state index contributed by atoms with van der Waals surface area (Å²) in [6.07, 6.45) is 4.62. The van der Waals surface area contributed by atoms with Gasteiger partial charge >= 0.3 is 0 Å². The predicted octanol–water partition coefficient (Wildman–Crippen LogP) is 3.36. The molecule has 2 N–H and O–H groups in total. The zero-order chi connectivity index (χ0) is 25.9. The SMILES string of the molecule is C=CC(=O)NC1CC(C)N(S(=O)(=O)c2ccc(NC(=O)c3ccc(CN4CCCC4)o3)cc2)C(C)C1. The number of amides is 2. The molecule has 2 unspecified atom stereocenters. The summed E-state index contributed by atoms with van der Waals surface area (Å²) in [5.74, 6) is 0.324. The number of rotatable bonds is 8. The molecule has 2 amide bonds. The lowest BCUT2D eigenvalue weighted by Crippen LogP contribution is -2.54. The predicted molar refractivity (Wildman–Crippen MR) is 137 cm³/mol. The van der Waals surface area contributed by atoms with Crippen molar-refractivity contribution in [2.45, 2.75) is 69.1 Å². The number of piperidine rings is 1. The van der Waals surface area contributed by atoms with E-state index in [4.69, 9.17) is 4.42 Å². The summed E-state index contributed by atoms with van der Waals surface area (Å²) in [6, 6.07) is 8.93. The first-order valence-corrected chi connectivity index (χ1v) is 13.8. The number of nitrogens with one attached hydrogen (secondary N) is 2. The van der Waals surface area contributed by atoms with Crippen molar-refractivity contribution in [3.8, 4) is 0 Å². The fourth-order valence-electron chi connectivity index (χ4n) is 5.18. The summed E-state index contributed by atoms with van der Waals surface area (Å²) >= 11 is 0. The van der Waals surface area contributed by atoms with Crippen LogP contribution in [0.4, 0.5) is 5.69 Å². The lowest BCUT2D eigenvalue weighted by molar-refractivity contribution is -0.117. The molecule has 2 aromatic rings. The number of likely N-dealkylation sites (tertiary alicyclic amines) is 1. The van der Waals surface area contributed by atoms with Crippen LogP contribution in [0.3, 0.4) is 0 Å². The molecule has 0 aliphatic carbocycles. The molecule has 0 saturated carbocycles. The third-order valence-corrected chi connectivity index (χ3v) is 8.95. The van der Waals surface area contributed by atoms with Gasteiger partial charge in [-0.25, -0.2) is 8.42 Å². The van der Waals surface area contributed by atoms with Gasteiger partial charge in [0.15, 0.2) is 5.76 Å². The maximum absolute atomic E-state index is 13.4. The second kappa shape index (κ2) is 11.0. The van der Waals surface area contributed by atoms with Gasteiger partial charge in [0.25, 0.3) is 5.91 Å². The number of nitrogens with zero attached hydrogens (tertiary/aromatic N) is 2. The Hall–Kier alpha value is -2.95. The average molecular weight is 515 g/mol. The Bertz CT molecular complexity index is 1190. The van der Waals surface area contributed by atoms with E-state index >= 15 is 0 Å². The second-order valence-corrected chi connectivity index (χ2v) is 11.5. The maximum atomic E-state index is 13.4. The number of benzene rings is 1. The number of sulfonamides is 1. The van der Waals surface area contributed by atoms with E-state index in [-0.39, 0.29) is 40.6 Å². The van der Waals surface area contributed by atoms with E-state index < -0.39 is 10.0 Å². The fourth-order valence-corrected chi connectivity index (χ4v) is 7.03. The highest BCUT2D eigenvalue weighted by molar-refractivity contribution is 7.89. The van der Waals surface area contributed by atoms with Crippen molar-refractivity contribution < 1.29 is 22.4 Å². The molecule has 1 aromatic heterocycles. The molecule has 2 fully saturated rings. The Morgan fingerprint density at radius 3 is 2.31 bits per heavy atom. The first kappa shape index (κ1) is 26.1. The lowest BCUT2D eigenvalue weighted by Gasteiger charge is -2.41. The van der Waals surface area contributed by atoms with E-state index in [0.29, 0.717) is 25.1 Å². The largest absolute Gasteiger partial charge is 0.455 e. The van der Waals surface area contributed by atoms with Crippen LogP contribution in [-0.2, 0) is 21.4 Å². The number of carbonyl (C=O) groups excluding carboxylic acids is 2. The van der Waals surface area contributed by atoms with Gasteiger partial charge in [0.05, 0.1) is 11.4 Å². The Kier molecular flexibility index (Phi) is 7.97. The van der Waals surface area contributed by atoms with Crippen LogP contribution >= 0.6 is 0 Å². The van der Waals surface area contributed by atoms with E-state index in [1.165, 1.54) is 35.4 Å². The zero-order valence-electron chi connectivity index (χ0n) is 20.8. The molecule has 2 saturated heterocycles. The number of carbonyl (C=O) groups is 2. The standard InChI is InChI=1S/C26H34N4O5S/c1-4-25(31)27-21-15-18(2)30(19(3)16-21)36(33,34)23-10-7-20(8-11-23)28-26(32)24-12-9-22(35-24)17-29-13-5-6-14-29/h4,7-12,18-19,21H,1,5-6,13-17H2,2-3H3,(H,27,31)(H,28,32). The molecule has 2 atom stereocenters. The van der Waals surface area contributed by atoms with E-state index in [9.17, 15) is 18.0 Å². The normalized spacial score (nSPS) is 23.3. The summed E-state index contributed by atoms with van der Waals surface area (Å²) in [5, 5.41) is 5.64. The van der Waals surface area contributed by atoms with Crippen molar-refractivity contribution >= 4 is 27.5 Å². The molecular formula is C26H34N4O5S. The minimum atomic E-state index is -3.76. The second-order valence-electron chi connectivity index (χ2n) is 9.64. The van der Waals surface area contributed by atoms with Gasteiger partial charge in [-0.15, -0.1) is 0 Å². The molecule has 10 heteroatoms. The Labute approximate surface area is 212 Å². The highest BCUT2D eigenvalue weighted by atomic mass is 32.2. The smallest absolute Gasteiger partial charge is 0.291 e. The van der Waals surface area contributed by atoms with Crippen LogP contribution in [0.5, 0.6) is 0 Å². The van der Waals surface area contributed by atoms with Crippen molar-refractivity contribution in [2.75, 3.05) is 18.4 Å². The van der Waals surface area contributed by atoms with Crippen LogP contribution in [0.2, 0.25) is 0 Å². The van der Waals surface area contributed by atoms with Crippen molar-refractivity contribution in [1.29, 1.82) is 0 Å². The molecule has 194 valence electrons. The quantitative estimate of drug-likeness (QED) is 0.523. The topological polar surface area (TPSA) is 112 Å². The molecule has 2 aliphatic rings. The Balaban J connectivity index is 1.39. The fraction of sp³-hybridized carbons (Fsp3) is 0.462. The summed E-state index contributed by atoms with van der Waals surface area (Å²) in [7, 11) is -3.76. The van der Waals surface area contributed by atoms with E-state index in [1.807, 2.05) is 19.9 Å². The third-order valence-electron chi connectivity index (χ3n) is 6.80. The van der Waals surface area contributed by atoms with Crippen LogP contribution in [0.25, 0.3) is 0 Å².